The number of hydrogen-bond acceptors (Lipinski definition) is 6. The van der Waals surface area contributed by atoms with Gasteiger partial charge in [-0.1, -0.05) is 0 Å². The van der Waals surface area contributed by atoms with E-state index in [1.165, 1.54) is 25.3 Å². The Morgan fingerprint density at radius 1 is 1.29 bits per heavy atom. The Hall–Kier alpha value is -1.93. The highest BCUT2D eigenvalue weighted by Crippen LogP contribution is 2.23. The lowest BCUT2D eigenvalue weighted by Crippen LogP contribution is -2.40. The molecule has 1 aromatic carbocycles. The Morgan fingerprint density at radius 2 is 2.00 bits per heavy atom. The molecule has 1 saturated heterocycles. The Morgan fingerprint density at radius 3 is 2.58 bits per heavy atom. The van der Waals surface area contributed by atoms with E-state index in [0.717, 1.165) is 12.8 Å². The summed E-state index contributed by atoms with van der Waals surface area (Å²) in [4.78, 5) is 24.1. The molecule has 132 valence electrons. The van der Waals surface area contributed by atoms with E-state index >= 15 is 0 Å². The van der Waals surface area contributed by atoms with Crippen LogP contribution in [0.3, 0.4) is 0 Å². The van der Waals surface area contributed by atoms with Crippen LogP contribution >= 0.6 is 0 Å². The molecule has 1 aliphatic heterocycles. The molecule has 1 aromatic rings. The lowest BCUT2D eigenvalue weighted by Gasteiger charge is -2.27. The number of methoxy groups -OCH3 is 1. The van der Waals surface area contributed by atoms with E-state index < -0.39 is 15.8 Å². The average molecular weight is 354 g/mol. The van der Waals surface area contributed by atoms with Crippen molar-refractivity contribution < 1.29 is 22.7 Å². The number of benzene rings is 1. The van der Waals surface area contributed by atoms with E-state index in [2.05, 4.69) is 15.4 Å². The molecule has 1 heterocycles. The molecule has 8 heteroatoms. The van der Waals surface area contributed by atoms with Gasteiger partial charge in [0.2, 0.25) is 5.91 Å². The van der Waals surface area contributed by atoms with Gasteiger partial charge in [0.05, 0.1) is 17.6 Å². The monoisotopic (exact) mass is 354 g/mol. The number of sulfone groups is 1. The van der Waals surface area contributed by atoms with Crippen molar-refractivity contribution in [1.82, 2.24) is 5.32 Å². The van der Waals surface area contributed by atoms with Crippen molar-refractivity contribution in [3.8, 4) is 0 Å². The Kier molecular flexibility index (Phi) is 5.61. The van der Waals surface area contributed by atoms with Crippen molar-refractivity contribution in [2.75, 3.05) is 25.2 Å². The van der Waals surface area contributed by atoms with Gasteiger partial charge in [0.1, 0.15) is 0 Å². The van der Waals surface area contributed by atoms with Gasteiger partial charge in [-0.05, 0) is 44.5 Å². The number of carbonyl (C=O) groups excluding carboxylic acids is 2. The van der Waals surface area contributed by atoms with Crippen LogP contribution in [0.15, 0.2) is 23.1 Å². The molecule has 1 aliphatic rings. The summed E-state index contributed by atoms with van der Waals surface area (Å²) in [7, 11) is -2.32. The Bertz CT molecular complexity index is 745. The molecule has 0 radical (unpaired) electrons. The van der Waals surface area contributed by atoms with Gasteiger partial charge < -0.3 is 15.4 Å². The summed E-state index contributed by atoms with van der Waals surface area (Å²) in [5.74, 6) is -0.985. The fourth-order valence-corrected chi connectivity index (χ4v) is 3.42. The van der Waals surface area contributed by atoms with E-state index in [-0.39, 0.29) is 34.0 Å². The molecule has 7 nitrogen and oxygen atoms in total. The van der Waals surface area contributed by atoms with Crippen LogP contribution in [-0.4, -0.2) is 46.2 Å². The predicted octanol–water partition coefficient (Wildman–Crippen LogP) is 1.20. The number of nitrogens with one attached hydrogen (secondary N) is 2. The summed E-state index contributed by atoms with van der Waals surface area (Å²) in [6.07, 6.45) is 2.47. The second kappa shape index (κ2) is 7.31. The average Bonchev–Trinajstić information content (AvgIpc) is 2.53. The van der Waals surface area contributed by atoms with Crippen molar-refractivity contribution in [2.24, 2.45) is 5.92 Å². The number of carbonyl (C=O) groups is 2. The lowest BCUT2D eigenvalue weighted by atomic mass is 9.92. The van der Waals surface area contributed by atoms with Crippen LogP contribution in [0, 0.1) is 5.92 Å². The van der Waals surface area contributed by atoms with Gasteiger partial charge in [0.15, 0.2) is 9.84 Å². The molecule has 0 spiro atoms. The standard InChI is InChI=1S/C16H22N2O5S/c1-10-6-11(4-5-17-10)15(19)18-13-7-12(16(20)23-2)8-14(9-13)24(3,21)22/h7-11,17H,4-6H2,1-3H3,(H,18,19)/t10-,11-/m0/s1. The predicted molar refractivity (Wildman–Crippen MR) is 89.7 cm³/mol. The maximum atomic E-state index is 12.4. The third-order valence-corrected chi connectivity index (χ3v) is 5.11. The molecule has 0 bridgehead atoms. The molecule has 0 unspecified atom stereocenters. The van der Waals surface area contributed by atoms with Gasteiger partial charge in [0, 0.05) is 23.9 Å². The molecule has 2 N–H and O–H groups in total. The maximum absolute atomic E-state index is 12.4. The van der Waals surface area contributed by atoms with Crippen LogP contribution in [0.25, 0.3) is 0 Å². The van der Waals surface area contributed by atoms with E-state index in [0.29, 0.717) is 12.8 Å². The zero-order valence-corrected chi connectivity index (χ0v) is 14.8. The van der Waals surface area contributed by atoms with Crippen molar-refractivity contribution >= 4 is 27.4 Å². The van der Waals surface area contributed by atoms with Crippen LogP contribution in [0.2, 0.25) is 0 Å². The molecular formula is C16H22N2O5S. The van der Waals surface area contributed by atoms with Crippen LogP contribution in [0.5, 0.6) is 0 Å². The van der Waals surface area contributed by atoms with Gasteiger partial charge in [-0.25, -0.2) is 13.2 Å². The first-order valence-corrected chi connectivity index (χ1v) is 9.57. The number of esters is 1. The van der Waals surface area contributed by atoms with Gasteiger partial charge >= 0.3 is 5.97 Å². The summed E-state index contributed by atoms with van der Waals surface area (Å²) >= 11 is 0. The fourth-order valence-electron chi connectivity index (χ4n) is 2.74. The second-order valence-corrected chi connectivity index (χ2v) is 8.09. The van der Waals surface area contributed by atoms with Crippen LogP contribution in [0.4, 0.5) is 5.69 Å². The number of hydrogen-bond donors (Lipinski definition) is 2. The topological polar surface area (TPSA) is 102 Å². The summed E-state index contributed by atoms with van der Waals surface area (Å²) in [5.41, 5.74) is 0.351. The first kappa shape index (κ1) is 18.4. The lowest BCUT2D eigenvalue weighted by molar-refractivity contribution is -0.120. The van der Waals surface area contributed by atoms with Crippen molar-refractivity contribution in [1.29, 1.82) is 0 Å². The zero-order valence-electron chi connectivity index (χ0n) is 14.0. The Balaban J connectivity index is 2.28. The molecule has 0 saturated carbocycles. The molecule has 2 atom stereocenters. The number of ether oxygens (including phenoxy) is 1. The highest BCUT2D eigenvalue weighted by atomic mass is 32.2. The van der Waals surface area contributed by atoms with E-state index in [1.54, 1.807) is 0 Å². The smallest absolute Gasteiger partial charge is 0.337 e. The van der Waals surface area contributed by atoms with E-state index in [4.69, 9.17) is 0 Å². The minimum absolute atomic E-state index is 0.0422. The third kappa shape index (κ3) is 4.55. The van der Waals surface area contributed by atoms with Gasteiger partial charge in [-0.3, -0.25) is 4.79 Å². The highest BCUT2D eigenvalue weighted by Gasteiger charge is 2.25. The fraction of sp³-hybridized carbons (Fsp3) is 0.500. The summed E-state index contributed by atoms with van der Waals surface area (Å²) in [6, 6.07) is 4.26. The van der Waals surface area contributed by atoms with Crippen LogP contribution in [-0.2, 0) is 19.4 Å². The van der Waals surface area contributed by atoms with E-state index in [1.807, 2.05) is 6.92 Å². The van der Waals surface area contributed by atoms with Crippen LogP contribution < -0.4 is 10.6 Å². The van der Waals surface area contributed by atoms with Gasteiger partial charge in [0.25, 0.3) is 0 Å². The number of piperidine rings is 1. The highest BCUT2D eigenvalue weighted by molar-refractivity contribution is 7.90. The van der Waals surface area contributed by atoms with Crippen molar-refractivity contribution in [2.45, 2.75) is 30.7 Å². The number of anilines is 1. The summed E-state index contributed by atoms with van der Waals surface area (Å²) in [5, 5.41) is 6.00. The third-order valence-electron chi connectivity index (χ3n) is 4.02. The summed E-state index contributed by atoms with van der Waals surface area (Å²) in [6.45, 7) is 2.77. The molecule has 24 heavy (non-hydrogen) atoms. The molecule has 0 aromatic heterocycles. The normalized spacial score (nSPS) is 21.1. The molecule has 0 aliphatic carbocycles. The molecule has 1 amide bonds. The van der Waals surface area contributed by atoms with E-state index in [9.17, 15) is 18.0 Å². The van der Waals surface area contributed by atoms with Crippen molar-refractivity contribution in [3.63, 3.8) is 0 Å². The zero-order chi connectivity index (χ0) is 17.9. The summed E-state index contributed by atoms with van der Waals surface area (Å²) < 4.78 is 28.3. The molecular weight excluding hydrogens is 332 g/mol. The quantitative estimate of drug-likeness (QED) is 0.788. The first-order chi connectivity index (χ1) is 11.2. The molecule has 2 rings (SSSR count). The van der Waals surface area contributed by atoms with Gasteiger partial charge in [-0.15, -0.1) is 0 Å². The minimum atomic E-state index is -3.53. The minimum Gasteiger partial charge on any atom is -0.465 e. The molecule has 1 fully saturated rings. The van der Waals surface area contributed by atoms with Crippen LogP contribution in [0.1, 0.15) is 30.1 Å². The Labute approximate surface area is 141 Å². The number of amides is 1. The second-order valence-electron chi connectivity index (χ2n) is 6.08. The SMILES string of the molecule is COC(=O)c1cc(NC(=O)[C@H]2CCN[C@@H](C)C2)cc(S(C)(=O)=O)c1. The maximum Gasteiger partial charge on any atom is 0.337 e. The first-order valence-electron chi connectivity index (χ1n) is 7.68. The van der Waals surface area contributed by atoms with Crippen molar-refractivity contribution in [3.05, 3.63) is 23.8 Å². The number of rotatable bonds is 4. The van der Waals surface area contributed by atoms with Gasteiger partial charge in [-0.2, -0.15) is 0 Å². The largest absolute Gasteiger partial charge is 0.465 e.